The van der Waals surface area contributed by atoms with Gasteiger partial charge in [-0.3, -0.25) is 4.79 Å². The molecule has 0 spiro atoms. The average molecular weight is 397 g/mol. The van der Waals surface area contributed by atoms with Crippen molar-refractivity contribution in [2.24, 2.45) is 0 Å². The van der Waals surface area contributed by atoms with Crippen molar-refractivity contribution < 1.29 is 14.3 Å². The van der Waals surface area contributed by atoms with Crippen LogP contribution in [-0.2, 0) is 4.74 Å². The number of likely N-dealkylation sites (tertiary alicyclic amines) is 1. The summed E-state index contributed by atoms with van der Waals surface area (Å²) < 4.78 is 4.77. The molecule has 0 unspecified atom stereocenters. The van der Waals surface area contributed by atoms with Crippen molar-refractivity contribution in [2.75, 3.05) is 37.4 Å². The maximum Gasteiger partial charge on any atom is 0.337 e. The number of carbonyl (C=O) groups is 2. The van der Waals surface area contributed by atoms with Crippen LogP contribution < -0.4 is 4.90 Å². The lowest BCUT2D eigenvalue weighted by Gasteiger charge is -2.32. The van der Waals surface area contributed by atoms with Gasteiger partial charge >= 0.3 is 5.97 Å². The summed E-state index contributed by atoms with van der Waals surface area (Å²) in [6.45, 7) is 2.61. The van der Waals surface area contributed by atoms with Crippen LogP contribution in [0.3, 0.4) is 0 Å². The van der Waals surface area contributed by atoms with Gasteiger partial charge < -0.3 is 14.5 Å². The number of rotatable bonds is 3. The zero-order valence-electron chi connectivity index (χ0n) is 16.0. The van der Waals surface area contributed by atoms with E-state index in [1.54, 1.807) is 23.9 Å². The van der Waals surface area contributed by atoms with E-state index in [4.69, 9.17) is 4.74 Å². The first kappa shape index (κ1) is 18.9. The standard InChI is InChI=1S/C22H24N2O3S/c1-27-22(26)16-5-8-18(9-6-16)24-13-14-28-20-15-17(7-10-19(20)24)21(25)23-11-3-2-4-12-23/h5-10,15H,2-4,11-14H2,1H3. The summed E-state index contributed by atoms with van der Waals surface area (Å²) in [5.41, 5.74) is 3.46. The maximum atomic E-state index is 12.8. The second kappa shape index (κ2) is 8.27. The number of hydrogen-bond acceptors (Lipinski definition) is 5. The highest BCUT2D eigenvalue weighted by molar-refractivity contribution is 7.99. The fourth-order valence-corrected chi connectivity index (χ4v) is 4.83. The van der Waals surface area contributed by atoms with Gasteiger partial charge in [-0.2, -0.15) is 0 Å². The Balaban J connectivity index is 1.58. The molecule has 146 valence electrons. The number of esters is 1. The Bertz CT molecular complexity index is 876. The summed E-state index contributed by atoms with van der Waals surface area (Å²) in [5, 5.41) is 0. The first-order valence-electron chi connectivity index (χ1n) is 9.69. The number of amides is 1. The van der Waals surface area contributed by atoms with Crippen molar-refractivity contribution in [3.8, 4) is 0 Å². The number of ether oxygens (including phenoxy) is 1. The number of piperidine rings is 1. The Morgan fingerprint density at radius 2 is 1.64 bits per heavy atom. The van der Waals surface area contributed by atoms with Gasteiger partial charge in [0.2, 0.25) is 0 Å². The largest absolute Gasteiger partial charge is 0.465 e. The van der Waals surface area contributed by atoms with E-state index < -0.39 is 0 Å². The topological polar surface area (TPSA) is 49.9 Å². The van der Waals surface area contributed by atoms with Crippen LogP contribution in [0.25, 0.3) is 0 Å². The highest BCUT2D eigenvalue weighted by Gasteiger charge is 2.23. The van der Waals surface area contributed by atoms with Crippen molar-refractivity contribution in [3.05, 3.63) is 53.6 Å². The Kier molecular flexibility index (Phi) is 5.57. The number of methoxy groups -OCH3 is 1. The summed E-state index contributed by atoms with van der Waals surface area (Å²) in [6, 6.07) is 13.5. The molecule has 5 nitrogen and oxygen atoms in total. The van der Waals surface area contributed by atoms with Gasteiger partial charge in [-0.05, 0) is 61.7 Å². The zero-order chi connectivity index (χ0) is 19.5. The summed E-state index contributed by atoms with van der Waals surface area (Å²) >= 11 is 1.79. The Labute approximate surface area is 169 Å². The van der Waals surface area contributed by atoms with Crippen LogP contribution in [-0.4, -0.2) is 49.3 Å². The maximum absolute atomic E-state index is 12.8. The number of carbonyl (C=O) groups excluding carboxylic acids is 2. The fourth-order valence-electron chi connectivity index (χ4n) is 3.80. The van der Waals surface area contributed by atoms with Gasteiger partial charge in [-0.15, -0.1) is 11.8 Å². The molecule has 2 aromatic carbocycles. The Hall–Kier alpha value is -2.47. The SMILES string of the molecule is COC(=O)c1ccc(N2CCSc3cc(C(=O)N4CCCCC4)ccc32)cc1. The molecule has 1 fully saturated rings. The number of benzene rings is 2. The lowest BCUT2D eigenvalue weighted by atomic mass is 10.1. The molecule has 28 heavy (non-hydrogen) atoms. The molecule has 0 atom stereocenters. The van der Waals surface area contributed by atoms with Gasteiger partial charge in [0.15, 0.2) is 0 Å². The van der Waals surface area contributed by atoms with Crippen LogP contribution in [0.2, 0.25) is 0 Å². The van der Waals surface area contributed by atoms with Gasteiger partial charge in [0.05, 0.1) is 18.4 Å². The molecule has 6 heteroatoms. The van der Waals surface area contributed by atoms with Crippen LogP contribution in [0, 0.1) is 0 Å². The van der Waals surface area contributed by atoms with Gasteiger partial charge in [0.25, 0.3) is 5.91 Å². The number of hydrogen-bond donors (Lipinski definition) is 0. The predicted octanol–water partition coefficient (Wildman–Crippen LogP) is 4.34. The third kappa shape index (κ3) is 3.74. The third-order valence-electron chi connectivity index (χ3n) is 5.31. The lowest BCUT2D eigenvalue weighted by molar-refractivity contribution is 0.0600. The normalized spacial score (nSPS) is 16.5. The van der Waals surface area contributed by atoms with Crippen LogP contribution in [0.1, 0.15) is 40.0 Å². The van der Waals surface area contributed by atoms with Crippen molar-refractivity contribution >= 4 is 35.0 Å². The molecular weight excluding hydrogens is 372 g/mol. The Morgan fingerprint density at radius 1 is 0.929 bits per heavy atom. The van der Waals surface area contributed by atoms with E-state index in [2.05, 4.69) is 4.90 Å². The molecule has 0 bridgehead atoms. The summed E-state index contributed by atoms with van der Waals surface area (Å²) in [7, 11) is 1.39. The Morgan fingerprint density at radius 3 is 2.36 bits per heavy atom. The molecular formula is C22H24N2O3S. The molecule has 2 heterocycles. The summed E-state index contributed by atoms with van der Waals surface area (Å²) in [4.78, 5) is 29.8. The summed E-state index contributed by atoms with van der Waals surface area (Å²) in [5.74, 6) is 0.761. The summed E-state index contributed by atoms with van der Waals surface area (Å²) in [6.07, 6.45) is 3.41. The van der Waals surface area contributed by atoms with Crippen LogP contribution >= 0.6 is 11.8 Å². The molecule has 2 aliphatic heterocycles. The molecule has 0 saturated carbocycles. The molecule has 0 N–H and O–H groups in total. The number of anilines is 2. The zero-order valence-corrected chi connectivity index (χ0v) is 16.8. The van der Waals surface area contributed by atoms with E-state index in [9.17, 15) is 9.59 Å². The van der Waals surface area contributed by atoms with E-state index in [0.717, 1.165) is 60.1 Å². The molecule has 1 amide bonds. The van der Waals surface area contributed by atoms with Crippen molar-refractivity contribution in [2.45, 2.75) is 24.2 Å². The number of nitrogens with zero attached hydrogens (tertiary/aromatic N) is 2. The predicted molar refractivity (Wildman–Crippen MR) is 112 cm³/mol. The van der Waals surface area contributed by atoms with E-state index >= 15 is 0 Å². The van der Waals surface area contributed by atoms with E-state index in [-0.39, 0.29) is 11.9 Å². The van der Waals surface area contributed by atoms with E-state index in [0.29, 0.717) is 5.56 Å². The van der Waals surface area contributed by atoms with Crippen LogP contribution in [0.5, 0.6) is 0 Å². The molecule has 2 aromatic rings. The highest BCUT2D eigenvalue weighted by atomic mass is 32.2. The molecule has 4 rings (SSSR count). The van der Waals surface area contributed by atoms with E-state index in [1.807, 2.05) is 35.2 Å². The molecule has 0 aromatic heterocycles. The fraction of sp³-hybridized carbons (Fsp3) is 0.364. The molecule has 0 radical (unpaired) electrons. The molecule has 2 aliphatic rings. The second-order valence-electron chi connectivity index (χ2n) is 7.07. The quantitative estimate of drug-likeness (QED) is 0.722. The minimum atomic E-state index is -0.331. The monoisotopic (exact) mass is 396 g/mol. The van der Waals surface area contributed by atoms with Gasteiger partial charge in [-0.25, -0.2) is 4.79 Å². The molecule has 1 saturated heterocycles. The number of fused-ring (bicyclic) bond motifs is 1. The van der Waals surface area contributed by atoms with E-state index in [1.165, 1.54) is 13.5 Å². The van der Waals surface area contributed by atoms with Gasteiger partial charge in [-0.1, -0.05) is 0 Å². The van der Waals surface area contributed by atoms with Gasteiger partial charge in [0.1, 0.15) is 0 Å². The smallest absolute Gasteiger partial charge is 0.337 e. The van der Waals surface area contributed by atoms with Crippen LogP contribution in [0.15, 0.2) is 47.4 Å². The van der Waals surface area contributed by atoms with Crippen molar-refractivity contribution in [3.63, 3.8) is 0 Å². The second-order valence-corrected chi connectivity index (χ2v) is 8.21. The first-order chi connectivity index (χ1) is 13.7. The average Bonchev–Trinajstić information content (AvgIpc) is 2.78. The lowest BCUT2D eigenvalue weighted by Crippen LogP contribution is -2.35. The first-order valence-corrected chi connectivity index (χ1v) is 10.7. The molecule has 0 aliphatic carbocycles. The van der Waals surface area contributed by atoms with Crippen molar-refractivity contribution in [1.82, 2.24) is 4.90 Å². The highest BCUT2D eigenvalue weighted by Crippen LogP contribution is 2.39. The van der Waals surface area contributed by atoms with Crippen molar-refractivity contribution in [1.29, 1.82) is 0 Å². The minimum Gasteiger partial charge on any atom is -0.465 e. The van der Waals surface area contributed by atoms with Gasteiger partial charge in [0, 0.05) is 41.5 Å². The number of thioether (sulfide) groups is 1. The third-order valence-corrected chi connectivity index (χ3v) is 6.34. The van der Waals surface area contributed by atoms with Crippen LogP contribution in [0.4, 0.5) is 11.4 Å². The minimum absolute atomic E-state index is 0.141.